The minimum atomic E-state index is -4.13. The fourth-order valence-corrected chi connectivity index (χ4v) is 5.66. The lowest BCUT2D eigenvalue weighted by Crippen LogP contribution is -2.34. The summed E-state index contributed by atoms with van der Waals surface area (Å²) in [6.07, 6.45) is 0.187. The Morgan fingerprint density at radius 2 is 1.90 bits per heavy atom. The molecule has 0 amide bonds. The van der Waals surface area contributed by atoms with Gasteiger partial charge in [0.15, 0.2) is 15.7 Å². The van der Waals surface area contributed by atoms with E-state index in [1.165, 1.54) is 6.07 Å². The molecule has 1 aromatic carbocycles. The molecule has 1 aliphatic rings. The molecule has 0 saturated carbocycles. The number of rotatable bonds is 2. The third-order valence-electron chi connectivity index (χ3n) is 3.15. The summed E-state index contributed by atoms with van der Waals surface area (Å²) < 4.78 is 63.0. The molecule has 0 bridgehead atoms. The number of halogens is 2. The van der Waals surface area contributed by atoms with Crippen molar-refractivity contribution in [1.82, 2.24) is 4.31 Å². The SMILES string of the molecule is Nc1cc(Br)c(F)c(S(=O)(=O)N2CCCS(=O)(=O)CC2)c1. The van der Waals surface area contributed by atoms with Gasteiger partial charge in [-0.3, -0.25) is 0 Å². The lowest BCUT2D eigenvalue weighted by molar-refractivity contribution is 0.430. The summed E-state index contributed by atoms with van der Waals surface area (Å²) in [5.41, 5.74) is 5.65. The Bertz CT molecular complexity index is 765. The van der Waals surface area contributed by atoms with Gasteiger partial charge in [0.1, 0.15) is 4.90 Å². The van der Waals surface area contributed by atoms with Crippen LogP contribution in [0.4, 0.5) is 10.1 Å². The number of nitrogens with zero attached hydrogens (tertiary/aromatic N) is 1. The van der Waals surface area contributed by atoms with Crippen LogP contribution >= 0.6 is 15.9 Å². The molecular weight excluding hydrogens is 387 g/mol. The first-order chi connectivity index (χ1) is 9.63. The zero-order valence-electron chi connectivity index (χ0n) is 10.9. The molecule has 2 N–H and O–H groups in total. The summed E-state index contributed by atoms with van der Waals surface area (Å²) in [5, 5.41) is 0. The molecule has 1 fully saturated rings. The second kappa shape index (κ2) is 5.82. The van der Waals surface area contributed by atoms with Crippen molar-refractivity contribution < 1.29 is 21.2 Å². The second-order valence-electron chi connectivity index (χ2n) is 4.72. The van der Waals surface area contributed by atoms with Crippen LogP contribution in [0.15, 0.2) is 21.5 Å². The van der Waals surface area contributed by atoms with E-state index in [0.29, 0.717) is 0 Å². The number of benzene rings is 1. The van der Waals surface area contributed by atoms with Crippen LogP contribution in [-0.2, 0) is 19.9 Å². The molecule has 0 aromatic heterocycles. The standard InChI is InChI=1S/C11H14BrFN2O4S2/c12-9-6-8(14)7-10(11(9)13)21(18,19)15-2-1-4-20(16,17)5-3-15/h6-7H,1-5,14H2. The maximum atomic E-state index is 14.1. The largest absolute Gasteiger partial charge is 0.399 e. The minimum Gasteiger partial charge on any atom is -0.399 e. The van der Waals surface area contributed by atoms with Crippen LogP contribution in [0.3, 0.4) is 0 Å². The molecule has 2 rings (SSSR count). The summed E-state index contributed by atoms with van der Waals surface area (Å²) in [6, 6.07) is 2.30. The van der Waals surface area contributed by atoms with Gasteiger partial charge in [-0.2, -0.15) is 4.31 Å². The maximum absolute atomic E-state index is 14.1. The van der Waals surface area contributed by atoms with Crippen molar-refractivity contribution in [3.63, 3.8) is 0 Å². The van der Waals surface area contributed by atoms with Gasteiger partial charge in [0.25, 0.3) is 0 Å². The summed E-state index contributed by atoms with van der Waals surface area (Å²) in [4.78, 5) is -0.548. The molecule has 118 valence electrons. The summed E-state index contributed by atoms with van der Waals surface area (Å²) in [6.45, 7) is -0.149. The Hall–Kier alpha value is -0.710. The summed E-state index contributed by atoms with van der Waals surface area (Å²) >= 11 is 2.91. The smallest absolute Gasteiger partial charge is 0.246 e. The molecule has 0 radical (unpaired) electrons. The van der Waals surface area contributed by atoms with Crippen molar-refractivity contribution in [3.05, 3.63) is 22.4 Å². The minimum absolute atomic E-state index is 0.0351. The van der Waals surface area contributed by atoms with Crippen molar-refractivity contribution in [2.75, 3.05) is 30.3 Å². The first-order valence-corrected chi connectivity index (χ1v) is 10.1. The highest BCUT2D eigenvalue weighted by molar-refractivity contribution is 9.10. The van der Waals surface area contributed by atoms with E-state index in [2.05, 4.69) is 15.9 Å². The van der Waals surface area contributed by atoms with E-state index in [4.69, 9.17) is 5.73 Å². The van der Waals surface area contributed by atoms with E-state index in [1.54, 1.807) is 0 Å². The fourth-order valence-electron chi connectivity index (χ4n) is 2.07. The van der Waals surface area contributed by atoms with Gasteiger partial charge in [-0.25, -0.2) is 21.2 Å². The van der Waals surface area contributed by atoms with Crippen LogP contribution in [0.5, 0.6) is 0 Å². The highest BCUT2D eigenvalue weighted by atomic mass is 79.9. The van der Waals surface area contributed by atoms with Crippen LogP contribution in [-0.4, -0.2) is 45.7 Å². The van der Waals surface area contributed by atoms with Gasteiger partial charge in [0.2, 0.25) is 10.0 Å². The highest BCUT2D eigenvalue weighted by Gasteiger charge is 2.31. The summed E-state index contributed by atoms with van der Waals surface area (Å²) in [7, 11) is -7.38. The molecule has 0 spiro atoms. The number of hydrogen-bond donors (Lipinski definition) is 1. The van der Waals surface area contributed by atoms with E-state index >= 15 is 0 Å². The van der Waals surface area contributed by atoms with Gasteiger partial charge in [0, 0.05) is 18.8 Å². The molecule has 1 aromatic rings. The summed E-state index contributed by atoms with van der Waals surface area (Å²) in [5.74, 6) is -1.27. The van der Waals surface area contributed by atoms with Crippen molar-refractivity contribution >= 4 is 41.5 Å². The van der Waals surface area contributed by atoms with E-state index in [-0.39, 0.29) is 41.2 Å². The lowest BCUT2D eigenvalue weighted by Gasteiger charge is -2.20. The van der Waals surface area contributed by atoms with Crippen molar-refractivity contribution in [3.8, 4) is 0 Å². The predicted octanol–water partition coefficient (Wildman–Crippen LogP) is 0.980. The van der Waals surface area contributed by atoms with Gasteiger partial charge in [-0.1, -0.05) is 0 Å². The number of nitrogen functional groups attached to an aromatic ring is 1. The molecule has 10 heteroatoms. The van der Waals surface area contributed by atoms with E-state index in [9.17, 15) is 21.2 Å². The number of sulfonamides is 1. The molecule has 0 unspecified atom stereocenters. The van der Waals surface area contributed by atoms with Crippen LogP contribution in [0, 0.1) is 5.82 Å². The molecule has 1 heterocycles. The first-order valence-electron chi connectivity index (χ1n) is 6.08. The Kier molecular flexibility index (Phi) is 4.62. The topological polar surface area (TPSA) is 97.5 Å². The third kappa shape index (κ3) is 3.55. The van der Waals surface area contributed by atoms with Gasteiger partial charge in [0.05, 0.1) is 16.0 Å². The van der Waals surface area contributed by atoms with E-state index in [1.807, 2.05) is 0 Å². The normalized spacial score (nSPS) is 20.1. The van der Waals surface area contributed by atoms with E-state index < -0.39 is 30.6 Å². The van der Waals surface area contributed by atoms with Crippen LogP contribution in [0.1, 0.15) is 6.42 Å². The molecule has 21 heavy (non-hydrogen) atoms. The van der Waals surface area contributed by atoms with Crippen LogP contribution in [0.2, 0.25) is 0 Å². The maximum Gasteiger partial charge on any atom is 0.246 e. The monoisotopic (exact) mass is 400 g/mol. The zero-order chi connectivity index (χ0) is 15.8. The van der Waals surface area contributed by atoms with Gasteiger partial charge >= 0.3 is 0 Å². The van der Waals surface area contributed by atoms with E-state index in [0.717, 1.165) is 10.4 Å². The quantitative estimate of drug-likeness (QED) is 0.746. The lowest BCUT2D eigenvalue weighted by atomic mass is 10.3. The molecule has 1 aliphatic heterocycles. The third-order valence-corrected chi connectivity index (χ3v) is 7.34. The number of nitrogens with two attached hydrogens (primary N) is 1. The first kappa shape index (κ1) is 16.7. The Morgan fingerprint density at radius 3 is 2.57 bits per heavy atom. The van der Waals surface area contributed by atoms with Crippen molar-refractivity contribution in [2.24, 2.45) is 0 Å². The molecule has 1 saturated heterocycles. The fraction of sp³-hybridized carbons (Fsp3) is 0.455. The van der Waals surface area contributed by atoms with Crippen LogP contribution < -0.4 is 5.73 Å². The van der Waals surface area contributed by atoms with Gasteiger partial charge in [-0.15, -0.1) is 0 Å². The molecule has 0 atom stereocenters. The van der Waals surface area contributed by atoms with Crippen LogP contribution in [0.25, 0.3) is 0 Å². The van der Waals surface area contributed by atoms with Gasteiger partial charge < -0.3 is 5.73 Å². The Balaban J connectivity index is 2.43. The molecule has 6 nitrogen and oxygen atoms in total. The average molecular weight is 401 g/mol. The number of hydrogen-bond acceptors (Lipinski definition) is 5. The number of sulfone groups is 1. The highest BCUT2D eigenvalue weighted by Crippen LogP contribution is 2.28. The average Bonchev–Trinajstić information content (AvgIpc) is 2.55. The zero-order valence-corrected chi connectivity index (χ0v) is 14.1. The Labute approximate surface area is 131 Å². The Morgan fingerprint density at radius 1 is 1.24 bits per heavy atom. The van der Waals surface area contributed by atoms with Crippen molar-refractivity contribution in [2.45, 2.75) is 11.3 Å². The number of anilines is 1. The molecule has 0 aliphatic carbocycles. The van der Waals surface area contributed by atoms with Gasteiger partial charge in [-0.05, 0) is 34.5 Å². The molecular formula is C11H14BrFN2O4S2. The second-order valence-corrected chi connectivity index (χ2v) is 9.79. The van der Waals surface area contributed by atoms with Crippen molar-refractivity contribution in [1.29, 1.82) is 0 Å². The predicted molar refractivity (Wildman–Crippen MR) is 80.5 cm³/mol.